The molecule has 0 saturated carbocycles. The van der Waals surface area contributed by atoms with Crippen LogP contribution in [0.4, 0.5) is 0 Å². The van der Waals surface area contributed by atoms with E-state index in [1.54, 1.807) is 58.9 Å². The largest absolute Gasteiger partial charge is 0.493 e. The lowest BCUT2D eigenvalue weighted by Crippen LogP contribution is -2.35. The second kappa shape index (κ2) is 8.36. The minimum atomic E-state index is -0.687. The highest BCUT2D eigenvalue weighted by Crippen LogP contribution is 2.25. The number of nitrogens with zero attached hydrogens (tertiary/aromatic N) is 1. The molecule has 0 bridgehead atoms. The van der Waals surface area contributed by atoms with E-state index in [0.717, 1.165) is 4.88 Å². The zero-order valence-electron chi connectivity index (χ0n) is 15.8. The highest BCUT2D eigenvalue weighted by molar-refractivity contribution is 7.09. The van der Waals surface area contributed by atoms with Crippen LogP contribution in [0.1, 0.15) is 21.0 Å². The smallest absolute Gasteiger partial charge is 0.349 e. The molecule has 6 nitrogen and oxygen atoms in total. The van der Waals surface area contributed by atoms with E-state index in [9.17, 15) is 9.59 Å². The molecule has 1 aromatic carbocycles. The Morgan fingerprint density at radius 1 is 1.17 bits per heavy atom. The number of fused-ring (bicyclic) bond motifs is 1. The predicted octanol–water partition coefficient (Wildman–Crippen LogP) is 4.34. The molecule has 1 amide bonds. The van der Waals surface area contributed by atoms with Crippen LogP contribution in [-0.2, 0) is 13.0 Å². The summed E-state index contributed by atoms with van der Waals surface area (Å²) in [6.45, 7) is 0.725. The van der Waals surface area contributed by atoms with Crippen molar-refractivity contribution in [2.24, 2.45) is 0 Å². The molecule has 0 aliphatic heterocycles. The number of para-hydroxylation sites is 1. The zero-order chi connectivity index (χ0) is 20.2. The van der Waals surface area contributed by atoms with Gasteiger partial charge in [-0.2, -0.15) is 0 Å². The molecule has 3 aromatic heterocycles. The van der Waals surface area contributed by atoms with E-state index in [1.165, 1.54) is 7.11 Å². The second-order valence-corrected chi connectivity index (χ2v) is 7.49. The Hall–Kier alpha value is -3.32. The Balaban J connectivity index is 1.67. The Labute approximate surface area is 170 Å². The van der Waals surface area contributed by atoms with Crippen molar-refractivity contribution in [3.63, 3.8) is 0 Å². The van der Waals surface area contributed by atoms with Gasteiger partial charge in [-0.1, -0.05) is 18.2 Å². The van der Waals surface area contributed by atoms with Gasteiger partial charge in [0, 0.05) is 16.8 Å². The molecule has 148 valence electrons. The number of thiophene rings is 1. The van der Waals surface area contributed by atoms with Crippen molar-refractivity contribution in [2.75, 3.05) is 13.7 Å². The number of rotatable bonds is 7. The van der Waals surface area contributed by atoms with Crippen molar-refractivity contribution in [1.29, 1.82) is 0 Å². The number of carbonyl (C=O) groups is 1. The fourth-order valence-corrected chi connectivity index (χ4v) is 3.84. The summed E-state index contributed by atoms with van der Waals surface area (Å²) < 4.78 is 16.1. The molecule has 0 saturated heterocycles. The fraction of sp³-hybridized carbons (Fsp3) is 0.182. The van der Waals surface area contributed by atoms with Gasteiger partial charge < -0.3 is 18.5 Å². The molecule has 0 aliphatic rings. The Bertz CT molecular complexity index is 1160. The number of methoxy groups -OCH3 is 1. The van der Waals surface area contributed by atoms with Crippen molar-refractivity contribution in [3.8, 4) is 5.75 Å². The predicted molar refractivity (Wildman–Crippen MR) is 111 cm³/mol. The average Bonchev–Trinajstić information content (AvgIpc) is 3.43. The van der Waals surface area contributed by atoms with Gasteiger partial charge in [-0.3, -0.25) is 4.79 Å². The SMILES string of the molecule is COc1cccc2cc(C(=O)N(CCc3cccs3)Cc3ccco3)c(=O)oc12. The van der Waals surface area contributed by atoms with Crippen LogP contribution >= 0.6 is 11.3 Å². The van der Waals surface area contributed by atoms with Gasteiger partial charge in [-0.25, -0.2) is 4.79 Å². The molecule has 7 heteroatoms. The van der Waals surface area contributed by atoms with Crippen molar-refractivity contribution in [1.82, 2.24) is 4.90 Å². The number of furan rings is 1. The summed E-state index contributed by atoms with van der Waals surface area (Å²) in [5.74, 6) is 0.705. The standard InChI is InChI=1S/C22H19NO5S/c1-26-19-8-2-5-15-13-18(22(25)28-20(15)19)21(24)23(14-16-6-3-11-27-16)10-9-17-7-4-12-29-17/h2-8,11-13H,9-10,14H2,1H3. The minimum Gasteiger partial charge on any atom is -0.493 e. The maximum atomic E-state index is 13.2. The third-order valence-electron chi connectivity index (χ3n) is 4.60. The molecule has 4 rings (SSSR count). The van der Waals surface area contributed by atoms with Gasteiger partial charge in [-0.15, -0.1) is 11.3 Å². The lowest BCUT2D eigenvalue weighted by molar-refractivity contribution is 0.0729. The van der Waals surface area contributed by atoms with Crippen LogP contribution in [0.5, 0.6) is 5.75 Å². The van der Waals surface area contributed by atoms with E-state index in [2.05, 4.69) is 0 Å². The summed E-state index contributed by atoms with van der Waals surface area (Å²) in [4.78, 5) is 28.6. The van der Waals surface area contributed by atoms with Crippen LogP contribution in [0.25, 0.3) is 11.0 Å². The van der Waals surface area contributed by atoms with Crippen LogP contribution in [0.2, 0.25) is 0 Å². The van der Waals surface area contributed by atoms with Gasteiger partial charge >= 0.3 is 5.63 Å². The molecule has 0 radical (unpaired) electrons. The van der Waals surface area contributed by atoms with Crippen LogP contribution in [0.3, 0.4) is 0 Å². The van der Waals surface area contributed by atoms with Gasteiger partial charge in [0.2, 0.25) is 0 Å². The summed E-state index contributed by atoms with van der Waals surface area (Å²) in [6.07, 6.45) is 2.25. The van der Waals surface area contributed by atoms with Crippen LogP contribution in [0, 0.1) is 0 Å². The highest BCUT2D eigenvalue weighted by Gasteiger charge is 2.22. The van der Waals surface area contributed by atoms with Crippen LogP contribution < -0.4 is 10.4 Å². The monoisotopic (exact) mass is 409 g/mol. The van der Waals surface area contributed by atoms with Gasteiger partial charge in [-0.05, 0) is 42.1 Å². The Morgan fingerprint density at radius 3 is 2.79 bits per heavy atom. The number of amides is 1. The molecule has 0 aliphatic carbocycles. The van der Waals surface area contributed by atoms with Crippen molar-refractivity contribution < 1.29 is 18.4 Å². The van der Waals surface area contributed by atoms with Gasteiger partial charge in [0.25, 0.3) is 5.91 Å². The molecule has 4 aromatic rings. The highest BCUT2D eigenvalue weighted by atomic mass is 32.1. The average molecular weight is 409 g/mol. The van der Waals surface area contributed by atoms with E-state index in [0.29, 0.717) is 35.4 Å². The molecular weight excluding hydrogens is 390 g/mol. The lowest BCUT2D eigenvalue weighted by Gasteiger charge is -2.21. The van der Waals surface area contributed by atoms with E-state index in [4.69, 9.17) is 13.6 Å². The third-order valence-corrected chi connectivity index (χ3v) is 5.53. The molecule has 0 fully saturated rings. The first-order chi connectivity index (χ1) is 14.2. The summed E-state index contributed by atoms with van der Waals surface area (Å²) in [5.41, 5.74) is -0.372. The van der Waals surface area contributed by atoms with E-state index in [-0.39, 0.29) is 12.1 Å². The van der Waals surface area contributed by atoms with Crippen LogP contribution in [-0.4, -0.2) is 24.5 Å². The molecule has 0 N–H and O–H groups in total. The number of carbonyl (C=O) groups excluding carboxylic acids is 1. The number of ether oxygens (including phenoxy) is 1. The molecule has 0 spiro atoms. The first kappa shape index (κ1) is 19.0. The minimum absolute atomic E-state index is 0.0107. The normalized spacial score (nSPS) is 10.9. The summed E-state index contributed by atoms with van der Waals surface area (Å²) in [5, 5.41) is 2.63. The number of benzene rings is 1. The molecule has 29 heavy (non-hydrogen) atoms. The quantitative estimate of drug-likeness (QED) is 0.425. The Morgan fingerprint density at radius 2 is 2.07 bits per heavy atom. The maximum absolute atomic E-state index is 13.2. The van der Waals surface area contributed by atoms with E-state index < -0.39 is 11.5 Å². The van der Waals surface area contributed by atoms with Crippen molar-refractivity contribution in [2.45, 2.75) is 13.0 Å². The molecule has 0 atom stereocenters. The lowest BCUT2D eigenvalue weighted by atomic mass is 10.1. The Kier molecular flexibility index (Phi) is 5.48. The number of hydrogen-bond donors (Lipinski definition) is 0. The van der Waals surface area contributed by atoms with Gasteiger partial charge in [0.15, 0.2) is 11.3 Å². The zero-order valence-corrected chi connectivity index (χ0v) is 16.6. The summed E-state index contributed by atoms with van der Waals surface area (Å²) in [6, 6.07) is 14.4. The topological polar surface area (TPSA) is 72.9 Å². The van der Waals surface area contributed by atoms with Crippen molar-refractivity contribution >= 4 is 28.2 Å². The van der Waals surface area contributed by atoms with Gasteiger partial charge in [0.05, 0.1) is 19.9 Å². The molecule has 3 heterocycles. The van der Waals surface area contributed by atoms with Crippen molar-refractivity contribution in [3.05, 3.63) is 86.8 Å². The van der Waals surface area contributed by atoms with E-state index in [1.807, 2.05) is 17.5 Å². The maximum Gasteiger partial charge on any atom is 0.349 e. The van der Waals surface area contributed by atoms with Gasteiger partial charge in [0.1, 0.15) is 11.3 Å². The first-order valence-corrected chi connectivity index (χ1v) is 9.98. The fourth-order valence-electron chi connectivity index (χ4n) is 3.14. The first-order valence-electron chi connectivity index (χ1n) is 9.10. The second-order valence-electron chi connectivity index (χ2n) is 6.46. The molecule has 0 unspecified atom stereocenters. The molecular formula is C22H19NO5S. The summed E-state index contributed by atoms with van der Waals surface area (Å²) in [7, 11) is 1.50. The van der Waals surface area contributed by atoms with Crippen LogP contribution in [0.15, 0.2) is 73.8 Å². The summed E-state index contributed by atoms with van der Waals surface area (Å²) >= 11 is 1.63. The number of hydrogen-bond acceptors (Lipinski definition) is 6. The third kappa shape index (κ3) is 4.09. The van der Waals surface area contributed by atoms with E-state index >= 15 is 0 Å².